The van der Waals surface area contributed by atoms with Gasteiger partial charge in [-0.05, 0) is 26.4 Å². The van der Waals surface area contributed by atoms with E-state index in [2.05, 4.69) is 22.2 Å². The number of nitrogens with one attached hydrogen (secondary N) is 1. The van der Waals surface area contributed by atoms with E-state index in [1.165, 1.54) is 32.2 Å². The quantitative estimate of drug-likeness (QED) is 0.810. The molecule has 4 nitrogen and oxygen atoms in total. The van der Waals surface area contributed by atoms with E-state index in [-0.39, 0.29) is 0 Å². The third-order valence-electron chi connectivity index (χ3n) is 3.08. The van der Waals surface area contributed by atoms with Crippen molar-refractivity contribution in [2.24, 2.45) is 0 Å². The molecule has 1 aliphatic heterocycles. The van der Waals surface area contributed by atoms with Gasteiger partial charge in [0, 0.05) is 12.6 Å². The summed E-state index contributed by atoms with van der Waals surface area (Å²) in [5, 5.41) is 3.41. The molecule has 2 rings (SSSR count). The van der Waals surface area contributed by atoms with Gasteiger partial charge in [-0.3, -0.25) is 0 Å². The molecule has 0 aliphatic carbocycles. The Bertz CT molecular complexity index is 273. The Hall–Kier alpha value is -0.870. The normalized spacial score (nSPS) is 23.1. The van der Waals surface area contributed by atoms with E-state index in [4.69, 9.17) is 4.42 Å². The van der Waals surface area contributed by atoms with Crippen molar-refractivity contribution in [3.05, 3.63) is 18.4 Å². The highest BCUT2D eigenvalue weighted by Gasteiger charge is 2.17. The molecule has 1 unspecified atom stereocenters. The van der Waals surface area contributed by atoms with E-state index in [0.29, 0.717) is 6.04 Å². The molecule has 1 aliphatic rings. The molecule has 1 atom stereocenters. The highest BCUT2D eigenvalue weighted by Crippen LogP contribution is 2.14. The summed E-state index contributed by atoms with van der Waals surface area (Å²) in [5.41, 5.74) is 0. The Morgan fingerprint density at radius 1 is 1.60 bits per heavy atom. The third-order valence-corrected chi connectivity index (χ3v) is 3.08. The number of rotatable bonds is 4. The zero-order valence-corrected chi connectivity index (χ0v) is 9.28. The van der Waals surface area contributed by atoms with Crippen LogP contribution in [0, 0.1) is 0 Å². The van der Waals surface area contributed by atoms with Crippen LogP contribution in [0.4, 0.5) is 0 Å². The maximum atomic E-state index is 5.16. The van der Waals surface area contributed by atoms with Crippen LogP contribution in [0.3, 0.4) is 0 Å². The number of hydrogen-bond acceptors (Lipinski definition) is 4. The van der Waals surface area contributed by atoms with Gasteiger partial charge in [0.1, 0.15) is 5.76 Å². The molecule has 0 radical (unpaired) electrons. The van der Waals surface area contributed by atoms with E-state index < -0.39 is 0 Å². The first-order chi connectivity index (χ1) is 7.36. The predicted octanol–water partition coefficient (Wildman–Crippen LogP) is 1.25. The third kappa shape index (κ3) is 3.04. The Morgan fingerprint density at radius 3 is 3.27 bits per heavy atom. The smallest absolute Gasteiger partial charge is 0.180 e. The molecule has 1 saturated heterocycles. The van der Waals surface area contributed by atoms with Gasteiger partial charge in [0.15, 0.2) is 6.39 Å². The molecule has 1 fully saturated rings. The van der Waals surface area contributed by atoms with Crippen molar-refractivity contribution in [1.29, 1.82) is 0 Å². The number of piperidine rings is 1. The summed E-state index contributed by atoms with van der Waals surface area (Å²) < 4.78 is 5.16. The number of nitrogens with zero attached hydrogens (tertiary/aromatic N) is 2. The second kappa shape index (κ2) is 5.28. The zero-order chi connectivity index (χ0) is 10.5. The Kier molecular flexibility index (Phi) is 3.75. The van der Waals surface area contributed by atoms with Crippen LogP contribution < -0.4 is 5.32 Å². The van der Waals surface area contributed by atoms with Gasteiger partial charge >= 0.3 is 0 Å². The second-order valence-corrected chi connectivity index (χ2v) is 4.23. The highest BCUT2D eigenvalue weighted by molar-refractivity contribution is 4.88. The number of likely N-dealkylation sites (tertiary alicyclic amines) is 1. The highest BCUT2D eigenvalue weighted by atomic mass is 16.3. The Morgan fingerprint density at radius 2 is 2.53 bits per heavy atom. The van der Waals surface area contributed by atoms with E-state index in [1.54, 1.807) is 6.20 Å². The number of hydrogen-bond donors (Lipinski definition) is 1. The van der Waals surface area contributed by atoms with Gasteiger partial charge in [-0.1, -0.05) is 6.42 Å². The van der Waals surface area contributed by atoms with E-state index in [0.717, 1.165) is 18.8 Å². The van der Waals surface area contributed by atoms with Crippen molar-refractivity contribution in [2.45, 2.75) is 31.8 Å². The van der Waals surface area contributed by atoms with E-state index >= 15 is 0 Å². The van der Waals surface area contributed by atoms with Crippen LogP contribution >= 0.6 is 0 Å². The van der Waals surface area contributed by atoms with Crippen LogP contribution in [0.1, 0.15) is 25.0 Å². The van der Waals surface area contributed by atoms with Crippen molar-refractivity contribution < 1.29 is 4.42 Å². The van der Waals surface area contributed by atoms with Crippen LogP contribution in [-0.2, 0) is 6.54 Å². The molecule has 1 N–H and O–H groups in total. The molecular formula is C11H19N3O. The van der Waals surface area contributed by atoms with Crippen LogP contribution in [0.5, 0.6) is 0 Å². The summed E-state index contributed by atoms with van der Waals surface area (Å²) in [5.74, 6) is 0.911. The molecule has 4 heteroatoms. The molecule has 1 aromatic rings. The van der Waals surface area contributed by atoms with Crippen molar-refractivity contribution >= 4 is 0 Å². The SMILES string of the molecule is CN1CCCCC1CNCc1cnco1. The molecule has 15 heavy (non-hydrogen) atoms. The summed E-state index contributed by atoms with van der Waals surface area (Å²) in [6.45, 7) is 3.05. The van der Waals surface area contributed by atoms with Gasteiger partial charge < -0.3 is 14.6 Å². The lowest BCUT2D eigenvalue weighted by atomic mass is 10.0. The minimum atomic E-state index is 0.682. The monoisotopic (exact) mass is 209 g/mol. The summed E-state index contributed by atoms with van der Waals surface area (Å²) in [7, 11) is 2.21. The first-order valence-electron chi connectivity index (χ1n) is 5.64. The molecule has 0 amide bonds. The number of oxazole rings is 1. The van der Waals surface area contributed by atoms with Crippen molar-refractivity contribution in [1.82, 2.24) is 15.2 Å². The van der Waals surface area contributed by atoms with Gasteiger partial charge in [-0.2, -0.15) is 0 Å². The fraction of sp³-hybridized carbons (Fsp3) is 0.727. The minimum Gasteiger partial charge on any atom is -0.447 e. The largest absolute Gasteiger partial charge is 0.447 e. The maximum Gasteiger partial charge on any atom is 0.180 e. The van der Waals surface area contributed by atoms with Crippen molar-refractivity contribution in [2.75, 3.05) is 20.1 Å². The Balaban J connectivity index is 1.68. The van der Waals surface area contributed by atoms with Crippen LogP contribution in [0.25, 0.3) is 0 Å². The summed E-state index contributed by atoms with van der Waals surface area (Å²) in [4.78, 5) is 6.33. The molecule has 0 bridgehead atoms. The van der Waals surface area contributed by atoms with E-state index in [9.17, 15) is 0 Å². The lowest BCUT2D eigenvalue weighted by molar-refractivity contribution is 0.180. The summed E-state index contributed by atoms with van der Waals surface area (Å²) in [6.07, 6.45) is 7.25. The number of likely N-dealkylation sites (N-methyl/N-ethyl adjacent to an activating group) is 1. The average molecular weight is 209 g/mol. The second-order valence-electron chi connectivity index (χ2n) is 4.23. The van der Waals surface area contributed by atoms with Crippen LogP contribution in [0.2, 0.25) is 0 Å². The molecule has 1 aromatic heterocycles. The fourth-order valence-corrected chi connectivity index (χ4v) is 2.09. The zero-order valence-electron chi connectivity index (χ0n) is 9.28. The first kappa shape index (κ1) is 10.6. The molecule has 84 valence electrons. The summed E-state index contributed by atoms with van der Waals surface area (Å²) in [6, 6.07) is 0.682. The van der Waals surface area contributed by atoms with E-state index in [1.807, 2.05) is 0 Å². The van der Waals surface area contributed by atoms with Crippen LogP contribution in [-0.4, -0.2) is 36.1 Å². The van der Waals surface area contributed by atoms with Gasteiger partial charge in [-0.25, -0.2) is 4.98 Å². The fourth-order valence-electron chi connectivity index (χ4n) is 2.09. The van der Waals surface area contributed by atoms with Crippen LogP contribution in [0.15, 0.2) is 17.0 Å². The standard InChI is InChI=1S/C11H19N3O/c1-14-5-3-2-4-10(14)6-12-7-11-8-13-9-15-11/h8-10,12H,2-7H2,1H3. The lowest BCUT2D eigenvalue weighted by Gasteiger charge is -2.32. The first-order valence-corrected chi connectivity index (χ1v) is 5.64. The van der Waals surface area contributed by atoms with Gasteiger partial charge in [0.2, 0.25) is 0 Å². The Labute approximate surface area is 90.7 Å². The van der Waals surface area contributed by atoms with Crippen molar-refractivity contribution in [3.63, 3.8) is 0 Å². The maximum absolute atomic E-state index is 5.16. The molecule has 2 heterocycles. The van der Waals surface area contributed by atoms with Gasteiger partial charge in [0.05, 0.1) is 12.7 Å². The lowest BCUT2D eigenvalue weighted by Crippen LogP contribution is -2.42. The topological polar surface area (TPSA) is 41.3 Å². The average Bonchev–Trinajstić information content (AvgIpc) is 2.74. The molecule has 0 aromatic carbocycles. The molecular weight excluding hydrogens is 190 g/mol. The van der Waals surface area contributed by atoms with Gasteiger partial charge in [0.25, 0.3) is 0 Å². The minimum absolute atomic E-state index is 0.682. The predicted molar refractivity (Wildman–Crippen MR) is 58.5 cm³/mol. The number of aromatic nitrogens is 1. The van der Waals surface area contributed by atoms with Crippen molar-refractivity contribution in [3.8, 4) is 0 Å². The molecule has 0 saturated carbocycles. The summed E-state index contributed by atoms with van der Waals surface area (Å²) >= 11 is 0. The molecule has 0 spiro atoms. The van der Waals surface area contributed by atoms with Gasteiger partial charge in [-0.15, -0.1) is 0 Å².